The van der Waals surface area contributed by atoms with Crippen LogP contribution in [0.2, 0.25) is 5.02 Å². The number of ether oxygens (including phenoxy) is 1. The molecule has 28 heavy (non-hydrogen) atoms. The molecule has 0 aliphatic heterocycles. The fourth-order valence-corrected chi connectivity index (χ4v) is 3.65. The molecule has 0 atom stereocenters. The first kappa shape index (κ1) is 19.7. The van der Waals surface area contributed by atoms with E-state index in [1.165, 1.54) is 19.2 Å². The Kier molecular flexibility index (Phi) is 5.87. The van der Waals surface area contributed by atoms with E-state index in [9.17, 15) is 13.2 Å². The Morgan fingerprint density at radius 3 is 2.25 bits per heavy atom. The SMILES string of the molecule is COc1ccc(NS(=O)(=O)c2cccc(NC(=O)c3ccc(Cl)cc3)c2)cc1. The van der Waals surface area contributed by atoms with Crippen LogP contribution in [0, 0.1) is 0 Å². The van der Waals surface area contributed by atoms with Crippen LogP contribution in [0.15, 0.2) is 77.7 Å². The van der Waals surface area contributed by atoms with Gasteiger partial charge in [0.15, 0.2) is 0 Å². The lowest BCUT2D eigenvalue weighted by atomic mass is 10.2. The van der Waals surface area contributed by atoms with E-state index in [1.54, 1.807) is 60.7 Å². The number of benzene rings is 3. The van der Waals surface area contributed by atoms with E-state index in [4.69, 9.17) is 16.3 Å². The largest absolute Gasteiger partial charge is 0.497 e. The van der Waals surface area contributed by atoms with E-state index >= 15 is 0 Å². The quantitative estimate of drug-likeness (QED) is 0.623. The number of amides is 1. The van der Waals surface area contributed by atoms with Gasteiger partial charge in [0.1, 0.15) is 5.75 Å². The van der Waals surface area contributed by atoms with Crippen molar-refractivity contribution < 1.29 is 17.9 Å². The van der Waals surface area contributed by atoms with Crippen molar-refractivity contribution >= 4 is 38.9 Å². The Morgan fingerprint density at radius 1 is 0.929 bits per heavy atom. The van der Waals surface area contributed by atoms with Crippen LogP contribution >= 0.6 is 11.6 Å². The first-order valence-corrected chi connectivity index (χ1v) is 10.1. The van der Waals surface area contributed by atoms with Crippen LogP contribution in [0.5, 0.6) is 5.75 Å². The van der Waals surface area contributed by atoms with Gasteiger partial charge in [-0.1, -0.05) is 17.7 Å². The summed E-state index contributed by atoms with van der Waals surface area (Å²) in [6.07, 6.45) is 0. The van der Waals surface area contributed by atoms with Crippen molar-refractivity contribution in [2.45, 2.75) is 4.90 Å². The lowest BCUT2D eigenvalue weighted by Gasteiger charge is -2.11. The maximum absolute atomic E-state index is 12.6. The zero-order valence-electron chi connectivity index (χ0n) is 14.8. The number of rotatable bonds is 6. The molecule has 3 aromatic carbocycles. The van der Waals surface area contributed by atoms with Crippen molar-refractivity contribution in [3.05, 3.63) is 83.4 Å². The molecule has 144 valence electrons. The average Bonchev–Trinajstić information content (AvgIpc) is 2.69. The van der Waals surface area contributed by atoms with Crippen LogP contribution in [0.1, 0.15) is 10.4 Å². The maximum Gasteiger partial charge on any atom is 0.261 e. The summed E-state index contributed by atoms with van der Waals surface area (Å²) in [7, 11) is -2.29. The number of hydrogen-bond acceptors (Lipinski definition) is 4. The van der Waals surface area contributed by atoms with Crippen LogP contribution in [-0.4, -0.2) is 21.4 Å². The molecule has 0 bridgehead atoms. The van der Waals surface area contributed by atoms with Crippen molar-refractivity contribution in [2.75, 3.05) is 17.1 Å². The van der Waals surface area contributed by atoms with E-state index < -0.39 is 10.0 Å². The molecule has 0 saturated carbocycles. The minimum absolute atomic E-state index is 0.0252. The van der Waals surface area contributed by atoms with Gasteiger partial charge in [-0.2, -0.15) is 0 Å². The number of halogens is 1. The van der Waals surface area contributed by atoms with Gasteiger partial charge in [-0.05, 0) is 66.7 Å². The molecule has 0 fully saturated rings. The minimum Gasteiger partial charge on any atom is -0.497 e. The van der Waals surface area contributed by atoms with Gasteiger partial charge in [0, 0.05) is 22.0 Å². The molecule has 0 radical (unpaired) electrons. The highest BCUT2D eigenvalue weighted by molar-refractivity contribution is 7.92. The summed E-state index contributed by atoms with van der Waals surface area (Å²) in [5.41, 5.74) is 1.17. The lowest BCUT2D eigenvalue weighted by Crippen LogP contribution is -2.15. The van der Waals surface area contributed by atoms with Crippen LogP contribution < -0.4 is 14.8 Å². The summed E-state index contributed by atoms with van der Waals surface area (Å²) < 4.78 is 32.8. The molecule has 0 aromatic heterocycles. The zero-order chi connectivity index (χ0) is 20.1. The molecule has 3 aromatic rings. The maximum atomic E-state index is 12.6. The monoisotopic (exact) mass is 416 g/mol. The van der Waals surface area contributed by atoms with Gasteiger partial charge in [0.25, 0.3) is 15.9 Å². The topological polar surface area (TPSA) is 84.5 Å². The Labute approximate surface area is 168 Å². The number of carbonyl (C=O) groups is 1. The highest BCUT2D eigenvalue weighted by Crippen LogP contribution is 2.22. The van der Waals surface area contributed by atoms with E-state index in [2.05, 4.69) is 10.0 Å². The predicted molar refractivity (Wildman–Crippen MR) is 110 cm³/mol. The fraction of sp³-hybridized carbons (Fsp3) is 0.0500. The summed E-state index contributed by atoms with van der Waals surface area (Å²) in [5.74, 6) is 0.254. The molecule has 6 nitrogen and oxygen atoms in total. The van der Waals surface area contributed by atoms with Gasteiger partial charge >= 0.3 is 0 Å². The van der Waals surface area contributed by atoms with Crippen LogP contribution in [0.4, 0.5) is 11.4 Å². The molecule has 0 heterocycles. The molecular formula is C20H17ClN2O4S. The van der Waals surface area contributed by atoms with Gasteiger partial charge in [0.05, 0.1) is 12.0 Å². The molecular weight excluding hydrogens is 400 g/mol. The summed E-state index contributed by atoms with van der Waals surface area (Å²) in [5, 5.41) is 3.20. The molecule has 0 aliphatic rings. The summed E-state index contributed by atoms with van der Waals surface area (Å²) in [4.78, 5) is 12.3. The first-order valence-electron chi connectivity index (χ1n) is 8.21. The second-order valence-electron chi connectivity index (χ2n) is 5.82. The van der Waals surface area contributed by atoms with Gasteiger partial charge in [-0.3, -0.25) is 9.52 Å². The Morgan fingerprint density at radius 2 is 1.61 bits per heavy atom. The number of methoxy groups -OCH3 is 1. The third-order valence-corrected chi connectivity index (χ3v) is 5.48. The van der Waals surface area contributed by atoms with E-state index in [0.717, 1.165) is 0 Å². The smallest absolute Gasteiger partial charge is 0.261 e. The zero-order valence-corrected chi connectivity index (χ0v) is 16.4. The fourth-order valence-electron chi connectivity index (χ4n) is 2.42. The molecule has 2 N–H and O–H groups in total. The van der Waals surface area contributed by atoms with Gasteiger partial charge in [0.2, 0.25) is 0 Å². The Bertz CT molecular complexity index is 1080. The van der Waals surface area contributed by atoms with E-state index in [0.29, 0.717) is 27.7 Å². The van der Waals surface area contributed by atoms with Gasteiger partial charge in [-0.15, -0.1) is 0 Å². The van der Waals surface area contributed by atoms with Crippen molar-refractivity contribution in [1.29, 1.82) is 0 Å². The van der Waals surface area contributed by atoms with Crippen LogP contribution in [-0.2, 0) is 10.0 Å². The molecule has 1 amide bonds. The standard InChI is InChI=1S/C20H17ClN2O4S/c1-27-18-11-9-16(10-12-18)23-28(25,26)19-4-2-3-17(13-19)22-20(24)14-5-7-15(21)8-6-14/h2-13,23H,1H3,(H,22,24). The van der Waals surface area contributed by atoms with E-state index in [1.807, 2.05) is 0 Å². The molecule has 0 saturated heterocycles. The van der Waals surface area contributed by atoms with Crippen LogP contribution in [0.25, 0.3) is 0 Å². The van der Waals surface area contributed by atoms with Gasteiger partial charge in [-0.25, -0.2) is 8.42 Å². The van der Waals surface area contributed by atoms with Crippen molar-refractivity contribution in [3.8, 4) is 5.75 Å². The molecule has 0 aliphatic carbocycles. The third-order valence-electron chi connectivity index (χ3n) is 3.85. The minimum atomic E-state index is -3.82. The number of hydrogen-bond donors (Lipinski definition) is 2. The molecule has 3 rings (SSSR count). The lowest BCUT2D eigenvalue weighted by molar-refractivity contribution is 0.102. The number of sulfonamides is 1. The van der Waals surface area contributed by atoms with E-state index in [-0.39, 0.29) is 10.8 Å². The van der Waals surface area contributed by atoms with Gasteiger partial charge < -0.3 is 10.1 Å². The average molecular weight is 417 g/mol. The van der Waals surface area contributed by atoms with Crippen molar-refractivity contribution in [1.82, 2.24) is 0 Å². The number of nitrogens with one attached hydrogen (secondary N) is 2. The summed E-state index contributed by atoms with van der Waals surface area (Å²) in [6.45, 7) is 0. The second kappa shape index (κ2) is 8.33. The summed E-state index contributed by atoms with van der Waals surface area (Å²) >= 11 is 5.82. The third kappa shape index (κ3) is 4.82. The molecule has 8 heteroatoms. The Balaban J connectivity index is 1.77. The van der Waals surface area contributed by atoms with Crippen molar-refractivity contribution in [2.24, 2.45) is 0 Å². The highest BCUT2D eigenvalue weighted by Gasteiger charge is 2.15. The second-order valence-corrected chi connectivity index (χ2v) is 7.94. The highest BCUT2D eigenvalue weighted by atomic mass is 35.5. The molecule has 0 spiro atoms. The van der Waals surface area contributed by atoms with Crippen LogP contribution in [0.3, 0.4) is 0 Å². The number of anilines is 2. The Hall–Kier alpha value is -3.03. The van der Waals surface area contributed by atoms with Crippen molar-refractivity contribution in [3.63, 3.8) is 0 Å². The normalized spacial score (nSPS) is 10.9. The number of carbonyl (C=O) groups excluding carboxylic acids is 1. The summed E-state index contributed by atoms with van der Waals surface area (Å²) in [6, 6.07) is 18.9. The predicted octanol–water partition coefficient (Wildman–Crippen LogP) is 4.40. The molecule has 0 unspecified atom stereocenters. The first-order chi connectivity index (χ1) is 13.4.